The number of nitrogens with one attached hydrogen (secondary N) is 1. The summed E-state index contributed by atoms with van der Waals surface area (Å²) < 4.78 is 0. The number of hydrogen-bond acceptors (Lipinski definition) is 3. The van der Waals surface area contributed by atoms with Crippen molar-refractivity contribution in [1.29, 1.82) is 0 Å². The SMILES string of the molecule is Cc1ccc(Cl)cc1N1C(=O)CNCC1=O. The molecular weight excluding hydrogens is 228 g/mol. The lowest BCUT2D eigenvalue weighted by Gasteiger charge is -2.26. The van der Waals surface area contributed by atoms with Crippen LogP contribution in [-0.4, -0.2) is 24.9 Å². The zero-order chi connectivity index (χ0) is 11.7. The second-order valence-corrected chi connectivity index (χ2v) is 4.09. The average molecular weight is 239 g/mol. The van der Waals surface area contributed by atoms with E-state index in [1.807, 2.05) is 6.92 Å². The van der Waals surface area contributed by atoms with Gasteiger partial charge in [0.2, 0.25) is 11.8 Å². The minimum absolute atomic E-state index is 0.178. The fourth-order valence-electron chi connectivity index (χ4n) is 1.67. The Morgan fingerprint density at radius 2 is 1.88 bits per heavy atom. The molecule has 1 saturated heterocycles. The summed E-state index contributed by atoms with van der Waals surface area (Å²) in [5.74, 6) is -0.497. The van der Waals surface area contributed by atoms with E-state index < -0.39 is 0 Å². The van der Waals surface area contributed by atoms with E-state index in [0.717, 1.165) is 5.56 Å². The number of anilines is 1. The summed E-state index contributed by atoms with van der Waals surface area (Å²) in [6.07, 6.45) is 0. The number of halogens is 1. The van der Waals surface area contributed by atoms with Gasteiger partial charge in [0.25, 0.3) is 0 Å². The minimum atomic E-state index is -0.249. The molecule has 0 saturated carbocycles. The van der Waals surface area contributed by atoms with Gasteiger partial charge in [-0.15, -0.1) is 0 Å². The summed E-state index contributed by atoms with van der Waals surface area (Å²) in [5.41, 5.74) is 1.43. The summed E-state index contributed by atoms with van der Waals surface area (Å²) >= 11 is 5.87. The first kappa shape index (κ1) is 11.1. The zero-order valence-corrected chi connectivity index (χ0v) is 9.54. The van der Waals surface area contributed by atoms with Crippen molar-refractivity contribution in [2.75, 3.05) is 18.0 Å². The lowest BCUT2D eigenvalue weighted by atomic mass is 10.1. The Kier molecular flexibility index (Phi) is 2.94. The van der Waals surface area contributed by atoms with Gasteiger partial charge in [0.05, 0.1) is 18.8 Å². The van der Waals surface area contributed by atoms with E-state index in [1.54, 1.807) is 18.2 Å². The highest BCUT2D eigenvalue weighted by Crippen LogP contribution is 2.25. The second kappa shape index (κ2) is 4.23. The highest BCUT2D eigenvalue weighted by Gasteiger charge is 2.28. The molecule has 0 aromatic heterocycles. The maximum atomic E-state index is 11.7. The van der Waals surface area contributed by atoms with Crippen molar-refractivity contribution in [3.8, 4) is 0 Å². The molecule has 1 aromatic rings. The molecule has 16 heavy (non-hydrogen) atoms. The van der Waals surface area contributed by atoms with Gasteiger partial charge in [-0.2, -0.15) is 0 Å². The minimum Gasteiger partial charge on any atom is -0.300 e. The molecule has 2 amide bonds. The molecule has 0 bridgehead atoms. The van der Waals surface area contributed by atoms with E-state index in [0.29, 0.717) is 10.7 Å². The van der Waals surface area contributed by atoms with E-state index in [-0.39, 0.29) is 24.9 Å². The monoisotopic (exact) mass is 238 g/mol. The van der Waals surface area contributed by atoms with Crippen LogP contribution in [0.15, 0.2) is 18.2 Å². The molecule has 5 heteroatoms. The van der Waals surface area contributed by atoms with Crippen molar-refractivity contribution in [3.63, 3.8) is 0 Å². The lowest BCUT2D eigenvalue weighted by molar-refractivity contribution is -0.127. The Balaban J connectivity index is 2.45. The van der Waals surface area contributed by atoms with Crippen molar-refractivity contribution in [1.82, 2.24) is 5.32 Å². The van der Waals surface area contributed by atoms with E-state index in [9.17, 15) is 9.59 Å². The number of aryl methyl sites for hydroxylation is 1. The number of carbonyl (C=O) groups excluding carboxylic acids is 2. The Bertz CT molecular complexity index is 443. The number of benzene rings is 1. The van der Waals surface area contributed by atoms with Crippen LogP contribution in [0.2, 0.25) is 5.02 Å². The van der Waals surface area contributed by atoms with E-state index >= 15 is 0 Å². The number of imide groups is 1. The van der Waals surface area contributed by atoms with Crippen LogP contribution < -0.4 is 10.2 Å². The van der Waals surface area contributed by atoms with Crippen molar-refractivity contribution >= 4 is 29.1 Å². The summed E-state index contributed by atoms with van der Waals surface area (Å²) in [6, 6.07) is 5.16. The largest absolute Gasteiger partial charge is 0.300 e. The average Bonchev–Trinajstić information content (AvgIpc) is 2.23. The van der Waals surface area contributed by atoms with E-state index in [2.05, 4.69) is 5.32 Å². The molecule has 1 aromatic carbocycles. The van der Waals surface area contributed by atoms with Gasteiger partial charge < -0.3 is 0 Å². The smallest absolute Gasteiger partial charge is 0.247 e. The number of piperazine rings is 1. The fourth-order valence-corrected chi connectivity index (χ4v) is 1.83. The number of amides is 2. The summed E-state index contributed by atoms with van der Waals surface area (Å²) in [5, 5.41) is 3.26. The van der Waals surface area contributed by atoms with Crippen LogP contribution in [0.4, 0.5) is 5.69 Å². The third-order valence-electron chi connectivity index (χ3n) is 2.46. The van der Waals surface area contributed by atoms with Gasteiger partial charge in [-0.05, 0) is 24.6 Å². The van der Waals surface area contributed by atoms with Crippen molar-refractivity contribution in [2.24, 2.45) is 0 Å². The molecule has 84 valence electrons. The van der Waals surface area contributed by atoms with Crippen LogP contribution in [0.5, 0.6) is 0 Å². The molecule has 1 aliphatic heterocycles. The van der Waals surface area contributed by atoms with Crippen LogP contribution in [0.3, 0.4) is 0 Å². The first-order valence-corrected chi connectivity index (χ1v) is 5.30. The molecule has 0 unspecified atom stereocenters. The summed E-state index contributed by atoms with van der Waals surface area (Å²) in [6.45, 7) is 2.20. The number of rotatable bonds is 1. The number of nitrogens with zero attached hydrogens (tertiary/aromatic N) is 1. The third kappa shape index (κ3) is 1.94. The lowest BCUT2D eigenvalue weighted by Crippen LogP contribution is -2.52. The fraction of sp³-hybridized carbons (Fsp3) is 0.273. The van der Waals surface area contributed by atoms with Crippen molar-refractivity contribution in [2.45, 2.75) is 6.92 Å². The van der Waals surface area contributed by atoms with Gasteiger partial charge in [0, 0.05) is 5.02 Å². The maximum absolute atomic E-state index is 11.7. The predicted molar refractivity (Wildman–Crippen MR) is 61.6 cm³/mol. The second-order valence-electron chi connectivity index (χ2n) is 3.66. The van der Waals surface area contributed by atoms with Crippen LogP contribution in [-0.2, 0) is 9.59 Å². The topological polar surface area (TPSA) is 49.4 Å². The van der Waals surface area contributed by atoms with Crippen molar-refractivity contribution in [3.05, 3.63) is 28.8 Å². The molecule has 0 atom stereocenters. The van der Waals surface area contributed by atoms with E-state index in [4.69, 9.17) is 11.6 Å². The molecule has 1 heterocycles. The van der Waals surface area contributed by atoms with E-state index in [1.165, 1.54) is 4.90 Å². The molecule has 1 N–H and O–H groups in total. The van der Waals surface area contributed by atoms with Crippen LogP contribution in [0.25, 0.3) is 0 Å². The molecule has 1 aliphatic rings. The molecule has 1 fully saturated rings. The Morgan fingerprint density at radius 3 is 2.50 bits per heavy atom. The molecule has 4 nitrogen and oxygen atoms in total. The summed E-state index contributed by atoms with van der Waals surface area (Å²) in [4.78, 5) is 24.5. The molecule has 0 radical (unpaired) electrons. The summed E-state index contributed by atoms with van der Waals surface area (Å²) in [7, 11) is 0. The molecule has 0 spiro atoms. The van der Waals surface area contributed by atoms with Gasteiger partial charge in [-0.1, -0.05) is 17.7 Å². The Hall–Kier alpha value is -1.39. The normalized spacial score (nSPS) is 16.8. The molecular formula is C11H11ClN2O2. The van der Waals surface area contributed by atoms with Gasteiger partial charge in [0.1, 0.15) is 0 Å². The van der Waals surface area contributed by atoms with Gasteiger partial charge in [-0.25, -0.2) is 4.90 Å². The van der Waals surface area contributed by atoms with Crippen molar-refractivity contribution < 1.29 is 9.59 Å². The predicted octanol–water partition coefficient (Wildman–Crippen LogP) is 1.11. The first-order chi connectivity index (χ1) is 7.59. The first-order valence-electron chi connectivity index (χ1n) is 4.92. The van der Waals surface area contributed by atoms with Gasteiger partial charge in [0.15, 0.2) is 0 Å². The van der Waals surface area contributed by atoms with Crippen LogP contribution >= 0.6 is 11.6 Å². The number of hydrogen-bond donors (Lipinski definition) is 1. The van der Waals surface area contributed by atoms with Crippen LogP contribution in [0.1, 0.15) is 5.56 Å². The zero-order valence-electron chi connectivity index (χ0n) is 8.79. The highest BCUT2D eigenvalue weighted by molar-refractivity contribution is 6.31. The van der Waals surface area contributed by atoms with Crippen LogP contribution in [0, 0.1) is 6.92 Å². The Labute approximate surface area is 98.2 Å². The van der Waals surface area contributed by atoms with Gasteiger partial charge in [-0.3, -0.25) is 14.9 Å². The van der Waals surface area contributed by atoms with Gasteiger partial charge >= 0.3 is 0 Å². The molecule has 2 rings (SSSR count). The highest BCUT2D eigenvalue weighted by atomic mass is 35.5. The number of carbonyl (C=O) groups is 2. The molecule has 0 aliphatic carbocycles. The standard InChI is InChI=1S/C11H11ClN2O2/c1-7-2-3-8(12)4-9(7)14-10(15)5-13-6-11(14)16/h2-4,13H,5-6H2,1H3. The quantitative estimate of drug-likeness (QED) is 0.746. The maximum Gasteiger partial charge on any atom is 0.247 e. The Morgan fingerprint density at radius 1 is 1.25 bits per heavy atom. The third-order valence-corrected chi connectivity index (χ3v) is 2.70.